The van der Waals surface area contributed by atoms with E-state index in [1.54, 1.807) is 4.90 Å². The van der Waals surface area contributed by atoms with Gasteiger partial charge in [0.15, 0.2) is 0 Å². The first-order valence-electron chi connectivity index (χ1n) is 6.50. The van der Waals surface area contributed by atoms with Gasteiger partial charge in [-0.2, -0.15) is 0 Å². The lowest BCUT2D eigenvalue weighted by Gasteiger charge is -2.41. The van der Waals surface area contributed by atoms with Crippen LogP contribution in [-0.2, 0) is 6.42 Å². The number of urea groups is 1. The Kier molecular flexibility index (Phi) is 2.62. The number of hydrogen-bond acceptors (Lipinski definition) is 1. The average molecular weight is 242 g/mol. The van der Waals surface area contributed by atoms with Crippen molar-refractivity contribution < 1.29 is 4.79 Å². The second-order valence-corrected chi connectivity index (χ2v) is 5.40. The molecule has 18 heavy (non-hydrogen) atoms. The maximum atomic E-state index is 11.2. The van der Waals surface area contributed by atoms with Gasteiger partial charge in [-0.3, -0.25) is 0 Å². The molecule has 1 aromatic carbocycles. The molecule has 94 valence electrons. The number of likely N-dealkylation sites (tertiary alicyclic amines) is 1. The maximum absolute atomic E-state index is 11.2. The van der Waals surface area contributed by atoms with Crippen LogP contribution in [0.5, 0.6) is 0 Å². The van der Waals surface area contributed by atoms with Gasteiger partial charge in [-0.25, -0.2) is 4.79 Å². The lowest BCUT2D eigenvalue weighted by atomic mass is 9.70. The highest BCUT2D eigenvalue weighted by Gasteiger charge is 2.35. The zero-order chi connectivity index (χ0) is 12.6. The Bertz CT molecular complexity index is 499. The molecule has 1 aromatic rings. The van der Waals surface area contributed by atoms with Crippen LogP contribution in [0.4, 0.5) is 4.79 Å². The van der Waals surface area contributed by atoms with Gasteiger partial charge in [0.2, 0.25) is 0 Å². The van der Waals surface area contributed by atoms with Crippen molar-refractivity contribution in [2.24, 2.45) is 11.1 Å². The number of allylic oxidation sites excluding steroid dienone is 1. The minimum Gasteiger partial charge on any atom is -0.351 e. The number of rotatable bonds is 0. The van der Waals surface area contributed by atoms with Gasteiger partial charge in [0.1, 0.15) is 0 Å². The van der Waals surface area contributed by atoms with Crippen LogP contribution in [-0.4, -0.2) is 24.0 Å². The molecule has 1 heterocycles. The summed E-state index contributed by atoms with van der Waals surface area (Å²) in [5.74, 6) is 0. The monoisotopic (exact) mass is 242 g/mol. The number of hydrogen-bond donors (Lipinski definition) is 1. The topological polar surface area (TPSA) is 46.3 Å². The fraction of sp³-hybridized carbons (Fsp3) is 0.400. The summed E-state index contributed by atoms with van der Waals surface area (Å²) in [7, 11) is 0. The number of benzene rings is 1. The third kappa shape index (κ3) is 1.90. The molecule has 2 amide bonds. The van der Waals surface area contributed by atoms with Gasteiger partial charge in [0.05, 0.1) is 0 Å². The summed E-state index contributed by atoms with van der Waals surface area (Å²) in [5, 5.41) is 0. The van der Waals surface area contributed by atoms with Crippen molar-refractivity contribution in [1.82, 2.24) is 4.90 Å². The first-order valence-corrected chi connectivity index (χ1v) is 6.50. The van der Waals surface area contributed by atoms with E-state index < -0.39 is 0 Å². The normalized spacial score (nSPS) is 20.8. The molecular weight excluding hydrogens is 224 g/mol. The van der Waals surface area contributed by atoms with Crippen molar-refractivity contribution in [2.45, 2.75) is 19.3 Å². The van der Waals surface area contributed by atoms with Gasteiger partial charge in [0.25, 0.3) is 0 Å². The summed E-state index contributed by atoms with van der Waals surface area (Å²) in [5.41, 5.74) is 8.32. The van der Waals surface area contributed by atoms with Crippen LogP contribution in [0.1, 0.15) is 24.0 Å². The van der Waals surface area contributed by atoms with E-state index in [2.05, 4.69) is 36.4 Å². The van der Waals surface area contributed by atoms with Crippen LogP contribution in [0.15, 0.2) is 30.3 Å². The van der Waals surface area contributed by atoms with E-state index in [0.717, 1.165) is 32.4 Å². The van der Waals surface area contributed by atoms with E-state index in [9.17, 15) is 4.79 Å². The molecule has 3 heteroatoms. The van der Waals surface area contributed by atoms with Crippen molar-refractivity contribution in [3.63, 3.8) is 0 Å². The predicted molar refractivity (Wildman–Crippen MR) is 72.0 cm³/mol. The van der Waals surface area contributed by atoms with Gasteiger partial charge >= 0.3 is 6.03 Å². The fourth-order valence-electron chi connectivity index (χ4n) is 3.08. The third-order valence-corrected chi connectivity index (χ3v) is 4.28. The third-order valence-electron chi connectivity index (χ3n) is 4.28. The van der Waals surface area contributed by atoms with Crippen LogP contribution in [0.25, 0.3) is 6.08 Å². The van der Waals surface area contributed by atoms with E-state index in [1.807, 2.05) is 0 Å². The predicted octanol–water partition coefficient (Wildman–Crippen LogP) is 2.42. The van der Waals surface area contributed by atoms with E-state index in [1.165, 1.54) is 11.1 Å². The highest BCUT2D eigenvalue weighted by molar-refractivity contribution is 5.72. The summed E-state index contributed by atoms with van der Waals surface area (Å²) in [6, 6.07) is 8.27. The van der Waals surface area contributed by atoms with Crippen molar-refractivity contribution in [1.29, 1.82) is 0 Å². The highest BCUT2D eigenvalue weighted by Crippen LogP contribution is 2.40. The first-order chi connectivity index (χ1) is 8.69. The van der Waals surface area contributed by atoms with Crippen LogP contribution >= 0.6 is 0 Å². The Balaban J connectivity index is 1.79. The number of fused-ring (bicyclic) bond motifs is 1. The molecule has 0 atom stereocenters. The molecule has 2 aliphatic rings. The number of piperidine rings is 1. The van der Waals surface area contributed by atoms with E-state index in [4.69, 9.17) is 5.73 Å². The number of nitrogens with zero attached hydrogens (tertiary/aromatic N) is 1. The molecule has 0 unspecified atom stereocenters. The zero-order valence-electron chi connectivity index (χ0n) is 10.4. The highest BCUT2D eigenvalue weighted by atomic mass is 16.2. The minimum atomic E-state index is -0.287. The molecule has 3 nitrogen and oxygen atoms in total. The number of carbonyl (C=O) groups is 1. The van der Waals surface area contributed by atoms with Crippen molar-refractivity contribution in [2.75, 3.05) is 13.1 Å². The number of nitrogens with two attached hydrogens (primary N) is 1. The Morgan fingerprint density at radius 1 is 1.22 bits per heavy atom. The summed E-state index contributed by atoms with van der Waals surface area (Å²) >= 11 is 0. The van der Waals surface area contributed by atoms with Gasteiger partial charge in [-0.1, -0.05) is 36.4 Å². The van der Waals surface area contributed by atoms with Gasteiger partial charge in [-0.15, -0.1) is 0 Å². The molecule has 1 spiro atoms. The molecule has 0 bridgehead atoms. The average Bonchev–Trinajstić information content (AvgIpc) is 2.39. The second-order valence-electron chi connectivity index (χ2n) is 5.40. The molecule has 0 aromatic heterocycles. The van der Waals surface area contributed by atoms with Gasteiger partial charge in [0, 0.05) is 13.1 Å². The molecule has 0 radical (unpaired) electrons. The number of amides is 2. The van der Waals surface area contributed by atoms with Crippen LogP contribution in [0.2, 0.25) is 0 Å². The lowest BCUT2D eigenvalue weighted by Crippen LogP contribution is -2.45. The Morgan fingerprint density at radius 2 is 1.94 bits per heavy atom. The maximum Gasteiger partial charge on any atom is 0.314 e. The quantitative estimate of drug-likeness (QED) is 0.746. The standard InChI is InChI=1S/C15H18N2O/c16-14(18)17-9-7-15(8-10-17)6-5-12-3-1-2-4-13(12)11-15/h1-6H,7-11H2,(H2,16,18). The molecule has 1 fully saturated rings. The molecule has 2 N–H and O–H groups in total. The summed E-state index contributed by atoms with van der Waals surface area (Å²) in [4.78, 5) is 12.9. The Morgan fingerprint density at radius 3 is 2.67 bits per heavy atom. The molecule has 1 aliphatic carbocycles. The molecular formula is C15H18N2O. The van der Waals surface area contributed by atoms with Crippen LogP contribution in [0, 0.1) is 5.41 Å². The molecule has 3 rings (SSSR count). The second kappa shape index (κ2) is 4.16. The summed E-state index contributed by atoms with van der Waals surface area (Å²) in [6.07, 6.45) is 7.69. The van der Waals surface area contributed by atoms with Crippen molar-refractivity contribution in [3.8, 4) is 0 Å². The van der Waals surface area contributed by atoms with E-state index >= 15 is 0 Å². The summed E-state index contributed by atoms with van der Waals surface area (Å²) in [6.45, 7) is 1.56. The number of carbonyl (C=O) groups excluding carboxylic acids is 1. The fourth-order valence-corrected chi connectivity index (χ4v) is 3.08. The first kappa shape index (κ1) is 11.3. The lowest BCUT2D eigenvalue weighted by molar-refractivity contribution is 0.151. The Labute approximate surface area is 107 Å². The molecule has 1 saturated heterocycles. The SMILES string of the molecule is NC(=O)N1CCC2(C=Cc3ccccc3C2)CC1. The Hall–Kier alpha value is -1.77. The number of primary amides is 1. The molecule has 1 aliphatic heterocycles. The summed E-state index contributed by atoms with van der Waals surface area (Å²) < 4.78 is 0. The van der Waals surface area contributed by atoms with E-state index in [-0.39, 0.29) is 11.4 Å². The van der Waals surface area contributed by atoms with Crippen LogP contribution in [0.3, 0.4) is 0 Å². The van der Waals surface area contributed by atoms with Crippen molar-refractivity contribution in [3.05, 3.63) is 41.5 Å². The van der Waals surface area contributed by atoms with E-state index in [0.29, 0.717) is 0 Å². The van der Waals surface area contributed by atoms with Gasteiger partial charge < -0.3 is 10.6 Å². The molecule has 0 saturated carbocycles. The van der Waals surface area contributed by atoms with Gasteiger partial charge in [-0.05, 0) is 35.8 Å². The van der Waals surface area contributed by atoms with Crippen molar-refractivity contribution >= 4 is 12.1 Å². The smallest absolute Gasteiger partial charge is 0.314 e. The largest absolute Gasteiger partial charge is 0.351 e. The zero-order valence-corrected chi connectivity index (χ0v) is 10.4. The van der Waals surface area contributed by atoms with Crippen LogP contribution < -0.4 is 5.73 Å². The minimum absolute atomic E-state index is 0.236.